The predicted octanol–water partition coefficient (Wildman–Crippen LogP) is 2.62. The van der Waals surface area contributed by atoms with Crippen LogP contribution < -0.4 is 10.2 Å². The molecule has 0 radical (unpaired) electrons. The number of nitro benzene ring substituents is 1. The van der Waals surface area contributed by atoms with Crippen molar-refractivity contribution in [2.75, 3.05) is 24.3 Å². The Bertz CT molecular complexity index is 728. The number of anilines is 2. The number of carbonyl (C=O) groups is 1. The second-order valence-electron chi connectivity index (χ2n) is 4.86. The van der Waals surface area contributed by atoms with Gasteiger partial charge in [0.2, 0.25) is 0 Å². The highest BCUT2D eigenvalue weighted by molar-refractivity contribution is 6.08. The van der Waals surface area contributed by atoms with Crippen molar-refractivity contribution in [3.63, 3.8) is 0 Å². The quantitative estimate of drug-likeness (QED) is 0.668. The normalized spacial score (nSPS) is 10.1. The third-order valence-electron chi connectivity index (χ3n) is 3.02. The minimum absolute atomic E-state index is 0.0182. The molecular formula is C15H15N3O4. The summed E-state index contributed by atoms with van der Waals surface area (Å²) in [4.78, 5) is 24.4. The molecule has 2 aromatic carbocycles. The number of non-ortho nitro benzene ring substituents is 1. The number of rotatable bonds is 4. The molecule has 0 atom stereocenters. The van der Waals surface area contributed by atoms with Crippen molar-refractivity contribution in [1.29, 1.82) is 0 Å². The first kappa shape index (κ1) is 15.3. The van der Waals surface area contributed by atoms with Gasteiger partial charge in [0.25, 0.3) is 11.6 Å². The largest absolute Gasteiger partial charge is 0.508 e. The third kappa shape index (κ3) is 3.32. The lowest BCUT2D eigenvalue weighted by Gasteiger charge is -2.17. The number of phenols is 1. The SMILES string of the molecule is CN(C)c1ccc([N+](=O)[O-])cc1C(=O)Nc1cccc(O)c1. The Labute approximate surface area is 127 Å². The summed E-state index contributed by atoms with van der Waals surface area (Å²) in [6.07, 6.45) is 0. The van der Waals surface area contributed by atoms with Gasteiger partial charge in [0.05, 0.1) is 10.5 Å². The van der Waals surface area contributed by atoms with Crippen molar-refractivity contribution < 1.29 is 14.8 Å². The molecule has 0 bridgehead atoms. The van der Waals surface area contributed by atoms with E-state index in [-0.39, 0.29) is 17.0 Å². The lowest BCUT2D eigenvalue weighted by atomic mass is 10.1. The predicted molar refractivity (Wildman–Crippen MR) is 83.5 cm³/mol. The fourth-order valence-corrected chi connectivity index (χ4v) is 1.99. The minimum atomic E-state index is -0.551. The Morgan fingerprint density at radius 1 is 1.23 bits per heavy atom. The zero-order valence-electron chi connectivity index (χ0n) is 12.1. The van der Waals surface area contributed by atoms with Gasteiger partial charge >= 0.3 is 0 Å². The van der Waals surface area contributed by atoms with Crippen molar-refractivity contribution in [2.24, 2.45) is 0 Å². The third-order valence-corrected chi connectivity index (χ3v) is 3.02. The van der Waals surface area contributed by atoms with E-state index in [0.29, 0.717) is 11.4 Å². The maximum Gasteiger partial charge on any atom is 0.270 e. The Kier molecular flexibility index (Phi) is 4.26. The summed E-state index contributed by atoms with van der Waals surface area (Å²) < 4.78 is 0. The molecule has 0 aliphatic carbocycles. The smallest absolute Gasteiger partial charge is 0.270 e. The summed E-state index contributed by atoms with van der Waals surface area (Å²) in [6, 6.07) is 10.2. The van der Waals surface area contributed by atoms with Gasteiger partial charge in [0.1, 0.15) is 5.75 Å². The molecule has 0 spiro atoms. The average Bonchev–Trinajstić information content (AvgIpc) is 2.46. The van der Waals surface area contributed by atoms with E-state index in [9.17, 15) is 20.0 Å². The van der Waals surface area contributed by atoms with Gasteiger partial charge in [-0.3, -0.25) is 14.9 Å². The maximum atomic E-state index is 12.4. The van der Waals surface area contributed by atoms with E-state index in [1.807, 2.05) is 0 Å². The number of hydrogen-bond acceptors (Lipinski definition) is 5. The van der Waals surface area contributed by atoms with Crippen molar-refractivity contribution in [3.8, 4) is 5.75 Å². The monoisotopic (exact) mass is 301 g/mol. The molecule has 0 saturated heterocycles. The first-order chi connectivity index (χ1) is 10.4. The molecule has 0 aliphatic heterocycles. The fourth-order valence-electron chi connectivity index (χ4n) is 1.99. The number of nitrogens with zero attached hydrogens (tertiary/aromatic N) is 2. The molecule has 0 saturated carbocycles. The minimum Gasteiger partial charge on any atom is -0.508 e. The molecular weight excluding hydrogens is 286 g/mol. The van der Waals surface area contributed by atoms with Crippen LogP contribution >= 0.6 is 0 Å². The van der Waals surface area contributed by atoms with E-state index in [0.717, 1.165) is 0 Å². The van der Waals surface area contributed by atoms with Gasteiger partial charge in [0.15, 0.2) is 0 Å². The Balaban J connectivity index is 2.38. The lowest BCUT2D eigenvalue weighted by molar-refractivity contribution is -0.384. The number of phenolic OH excluding ortho intramolecular Hbond substituents is 1. The van der Waals surface area contributed by atoms with Crippen LogP contribution in [0.4, 0.5) is 17.1 Å². The Morgan fingerprint density at radius 3 is 2.55 bits per heavy atom. The van der Waals surface area contributed by atoms with Crippen molar-refractivity contribution in [3.05, 3.63) is 58.1 Å². The Hall–Kier alpha value is -3.09. The van der Waals surface area contributed by atoms with E-state index < -0.39 is 10.8 Å². The Morgan fingerprint density at radius 2 is 1.95 bits per heavy atom. The molecule has 114 valence electrons. The number of benzene rings is 2. The maximum absolute atomic E-state index is 12.4. The number of nitrogens with one attached hydrogen (secondary N) is 1. The number of hydrogen-bond donors (Lipinski definition) is 2. The molecule has 2 rings (SSSR count). The molecule has 2 aromatic rings. The second kappa shape index (κ2) is 6.13. The van der Waals surface area contributed by atoms with Gasteiger partial charge < -0.3 is 15.3 Å². The average molecular weight is 301 g/mol. The molecule has 2 N–H and O–H groups in total. The molecule has 0 unspecified atom stereocenters. The van der Waals surface area contributed by atoms with E-state index in [2.05, 4.69) is 5.32 Å². The van der Waals surface area contributed by atoms with Crippen LogP contribution in [-0.4, -0.2) is 30.0 Å². The van der Waals surface area contributed by atoms with Crippen LogP contribution in [0.1, 0.15) is 10.4 Å². The number of aromatic hydroxyl groups is 1. The highest BCUT2D eigenvalue weighted by Gasteiger charge is 2.18. The lowest BCUT2D eigenvalue weighted by Crippen LogP contribution is -2.18. The van der Waals surface area contributed by atoms with Crippen LogP contribution in [0.3, 0.4) is 0 Å². The molecule has 22 heavy (non-hydrogen) atoms. The van der Waals surface area contributed by atoms with E-state index in [1.54, 1.807) is 31.1 Å². The zero-order chi connectivity index (χ0) is 16.3. The standard InChI is InChI=1S/C15H15N3O4/c1-17(2)14-7-6-11(18(21)22)9-13(14)15(20)16-10-4-3-5-12(19)8-10/h3-9,19H,1-2H3,(H,16,20). The topological polar surface area (TPSA) is 95.7 Å². The summed E-state index contributed by atoms with van der Waals surface area (Å²) in [5.41, 5.74) is 0.985. The molecule has 0 fully saturated rings. The highest BCUT2D eigenvalue weighted by atomic mass is 16.6. The van der Waals surface area contributed by atoms with Crippen molar-refractivity contribution in [2.45, 2.75) is 0 Å². The molecule has 0 aromatic heterocycles. The van der Waals surface area contributed by atoms with Gasteiger partial charge in [-0.25, -0.2) is 0 Å². The van der Waals surface area contributed by atoms with Crippen LogP contribution in [0, 0.1) is 10.1 Å². The first-order valence-corrected chi connectivity index (χ1v) is 6.44. The molecule has 0 aliphatic rings. The summed E-state index contributed by atoms with van der Waals surface area (Å²) in [5.74, 6) is -0.470. The van der Waals surface area contributed by atoms with Crippen LogP contribution in [-0.2, 0) is 0 Å². The van der Waals surface area contributed by atoms with E-state index in [1.165, 1.54) is 30.3 Å². The first-order valence-electron chi connectivity index (χ1n) is 6.44. The number of carbonyl (C=O) groups excluding carboxylic acids is 1. The number of nitro groups is 1. The summed E-state index contributed by atoms with van der Waals surface area (Å²) in [5, 5.41) is 22.9. The molecule has 1 amide bonds. The highest BCUT2D eigenvalue weighted by Crippen LogP contribution is 2.25. The number of amides is 1. The van der Waals surface area contributed by atoms with Crippen LogP contribution in [0.25, 0.3) is 0 Å². The van der Waals surface area contributed by atoms with Crippen molar-refractivity contribution >= 4 is 23.0 Å². The van der Waals surface area contributed by atoms with E-state index >= 15 is 0 Å². The second-order valence-corrected chi connectivity index (χ2v) is 4.86. The fraction of sp³-hybridized carbons (Fsp3) is 0.133. The van der Waals surface area contributed by atoms with Crippen LogP contribution in [0.2, 0.25) is 0 Å². The molecule has 7 heteroatoms. The van der Waals surface area contributed by atoms with Gasteiger partial charge in [0, 0.05) is 43.7 Å². The summed E-state index contributed by atoms with van der Waals surface area (Å²) in [7, 11) is 3.48. The summed E-state index contributed by atoms with van der Waals surface area (Å²) >= 11 is 0. The van der Waals surface area contributed by atoms with Gasteiger partial charge in [-0.15, -0.1) is 0 Å². The van der Waals surface area contributed by atoms with Gasteiger partial charge in [-0.1, -0.05) is 6.07 Å². The van der Waals surface area contributed by atoms with Crippen molar-refractivity contribution in [1.82, 2.24) is 0 Å². The summed E-state index contributed by atoms with van der Waals surface area (Å²) in [6.45, 7) is 0. The van der Waals surface area contributed by atoms with Gasteiger partial charge in [-0.05, 0) is 18.2 Å². The van der Waals surface area contributed by atoms with Crippen LogP contribution in [0.15, 0.2) is 42.5 Å². The molecule has 7 nitrogen and oxygen atoms in total. The zero-order valence-corrected chi connectivity index (χ0v) is 12.1. The van der Waals surface area contributed by atoms with Crippen LogP contribution in [0.5, 0.6) is 5.75 Å². The van der Waals surface area contributed by atoms with Gasteiger partial charge in [-0.2, -0.15) is 0 Å². The van der Waals surface area contributed by atoms with E-state index in [4.69, 9.17) is 0 Å². The molecule has 0 heterocycles.